The molecule has 2 amide bonds. The molecule has 13 nitrogen and oxygen atoms in total. The molecule has 0 aromatic carbocycles. The highest BCUT2D eigenvalue weighted by molar-refractivity contribution is 6.39. The third-order valence-corrected chi connectivity index (χ3v) is 3.95. The minimum Gasteiger partial charge on any atom is -0.481 e. The van der Waals surface area contributed by atoms with Gasteiger partial charge in [-0.15, -0.1) is 0 Å². The molecule has 0 aliphatic heterocycles. The Morgan fingerprint density at radius 3 is 2.27 bits per heavy atom. The molecule has 0 heterocycles. The summed E-state index contributed by atoms with van der Waals surface area (Å²) in [4.78, 5) is 62.9. The third-order valence-electron chi connectivity index (χ3n) is 3.95. The highest BCUT2D eigenvalue weighted by Crippen LogP contribution is 2.01. The van der Waals surface area contributed by atoms with E-state index in [0.717, 1.165) is 0 Å². The van der Waals surface area contributed by atoms with Gasteiger partial charge in [0.1, 0.15) is 6.04 Å². The number of carbonyl (C=O) groups excluding carboxylic acids is 4. The molecule has 170 valence electrons. The van der Waals surface area contributed by atoms with Gasteiger partial charge in [-0.05, 0) is 32.9 Å². The maximum atomic E-state index is 12.2. The van der Waals surface area contributed by atoms with E-state index in [9.17, 15) is 24.0 Å². The van der Waals surface area contributed by atoms with Crippen LogP contribution in [0.5, 0.6) is 0 Å². The Kier molecular flexibility index (Phi) is 13.4. The fraction of sp³-hybridized carbons (Fsp3) is 0.647. The summed E-state index contributed by atoms with van der Waals surface area (Å²) >= 11 is 0. The lowest BCUT2D eigenvalue weighted by Crippen LogP contribution is -2.50. The first-order valence-corrected chi connectivity index (χ1v) is 9.41. The summed E-state index contributed by atoms with van der Waals surface area (Å²) in [7, 11) is 1.57. The van der Waals surface area contributed by atoms with Crippen molar-refractivity contribution in [3.05, 3.63) is 0 Å². The van der Waals surface area contributed by atoms with Crippen LogP contribution in [-0.4, -0.2) is 79.2 Å². The summed E-state index contributed by atoms with van der Waals surface area (Å²) in [6, 6.07) is -2.13. The molecule has 0 saturated heterocycles. The minimum absolute atomic E-state index is 0.0518. The van der Waals surface area contributed by atoms with Crippen LogP contribution in [0.25, 0.3) is 0 Å². The van der Waals surface area contributed by atoms with E-state index in [4.69, 9.17) is 22.3 Å². The topological polar surface area (TPSA) is 232 Å². The van der Waals surface area contributed by atoms with Gasteiger partial charge < -0.3 is 38.3 Å². The summed E-state index contributed by atoms with van der Waals surface area (Å²) in [5, 5.41) is 16.3. The number of carbonyl (C=O) groups is 5. The number of likely N-dealkylation sites (N-methyl/N-ethyl adjacent to an activating group) is 1. The number of nitrogens with two attached hydrogens (primary N) is 3. The molecule has 0 rings (SSSR count). The molecule has 0 radical (unpaired) electrons. The molecule has 2 atom stereocenters. The van der Waals surface area contributed by atoms with E-state index < -0.39 is 54.4 Å². The number of aliphatic carboxylic acids is 1. The second kappa shape index (κ2) is 14.9. The molecular formula is C17H31N7O6. The Labute approximate surface area is 174 Å². The zero-order valence-corrected chi connectivity index (χ0v) is 17.0. The Morgan fingerprint density at radius 1 is 1.07 bits per heavy atom. The molecule has 0 fully saturated rings. The number of carboxylic acids is 1. The molecule has 0 bridgehead atoms. The van der Waals surface area contributed by atoms with Gasteiger partial charge >= 0.3 is 5.97 Å². The van der Waals surface area contributed by atoms with Crippen LogP contribution in [-0.2, 0) is 24.0 Å². The minimum atomic E-state index is -1.52. The molecule has 0 spiro atoms. The molecule has 0 aliphatic rings. The van der Waals surface area contributed by atoms with Crippen LogP contribution in [0.1, 0.15) is 32.1 Å². The number of amides is 2. The number of Topliss-reactive ketones (excluding diaryl/α,β-unsaturated/α-hetero) is 2. The number of carboxylic acid groups (broad SMARTS) is 1. The number of hydrogen-bond donors (Lipinski definition) is 7. The Bertz CT molecular complexity index is 649. The van der Waals surface area contributed by atoms with Gasteiger partial charge in [0.25, 0.3) is 0 Å². The van der Waals surface area contributed by atoms with E-state index in [-0.39, 0.29) is 25.3 Å². The van der Waals surface area contributed by atoms with Gasteiger partial charge in [-0.3, -0.25) is 29.0 Å². The molecular weight excluding hydrogens is 398 g/mol. The Hall–Kier alpha value is -3.06. The first kappa shape index (κ1) is 26.9. The number of ketones is 2. The lowest BCUT2D eigenvalue weighted by atomic mass is 10.0. The van der Waals surface area contributed by atoms with Gasteiger partial charge in [-0.1, -0.05) is 0 Å². The summed E-state index contributed by atoms with van der Waals surface area (Å²) < 4.78 is 0. The van der Waals surface area contributed by atoms with Gasteiger partial charge in [-0.25, -0.2) is 0 Å². The fourth-order valence-electron chi connectivity index (χ4n) is 2.41. The van der Waals surface area contributed by atoms with Crippen molar-refractivity contribution in [1.29, 1.82) is 0 Å². The number of hydrogen-bond acceptors (Lipinski definition) is 8. The first-order valence-electron chi connectivity index (χ1n) is 9.41. The quantitative estimate of drug-likeness (QED) is 0.0555. The van der Waals surface area contributed by atoms with E-state index >= 15 is 0 Å². The van der Waals surface area contributed by atoms with Gasteiger partial charge in [0.15, 0.2) is 5.96 Å². The van der Waals surface area contributed by atoms with Crippen molar-refractivity contribution in [2.45, 2.75) is 44.2 Å². The van der Waals surface area contributed by atoms with Crippen molar-refractivity contribution >= 4 is 35.3 Å². The SMILES string of the molecule is CN[C@@H](CCCN=C(N)N)C(=O)NCC(=O)N[C@@H](CC(=O)O)C(=O)C(=O)CCCN. The van der Waals surface area contributed by atoms with Gasteiger partial charge in [-0.2, -0.15) is 0 Å². The van der Waals surface area contributed by atoms with Gasteiger partial charge in [0.05, 0.1) is 19.0 Å². The average Bonchev–Trinajstić information content (AvgIpc) is 2.68. The molecule has 30 heavy (non-hydrogen) atoms. The number of guanidine groups is 1. The lowest BCUT2D eigenvalue weighted by Gasteiger charge is -2.18. The number of aliphatic imine (C=N–C) groups is 1. The third kappa shape index (κ3) is 11.7. The molecule has 0 aromatic rings. The predicted octanol–water partition coefficient (Wildman–Crippen LogP) is -3.42. The standard InChI is InChI=1S/C17H31N7O6/c1-21-10(4-3-7-22-17(19)20)16(30)23-9-13(26)24-11(8-14(27)28)15(29)12(25)5-2-6-18/h10-11,21H,2-9,18H2,1H3,(H,23,30)(H,24,26)(H,27,28)(H4,19,20,22)/t10-,11-/m0/s1. The van der Waals surface area contributed by atoms with Crippen LogP contribution >= 0.6 is 0 Å². The zero-order chi connectivity index (χ0) is 23.1. The van der Waals surface area contributed by atoms with E-state index in [1.54, 1.807) is 7.05 Å². The predicted molar refractivity (Wildman–Crippen MR) is 108 cm³/mol. The second-order valence-electron chi connectivity index (χ2n) is 6.41. The Balaban J connectivity index is 4.69. The van der Waals surface area contributed by atoms with E-state index in [1.165, 1.54) is 0 Å². The van der Waals surface area contributed by atoms with E-state index in [2.05, 4.69) is 20.9 Å². The highest BCUT2D eigenvalue weighted by Gasteiger charge is 2.28. The van der Waals surface area contributed by atoms with E-state index in [0.29, 0.717) is 19.4 Å². The smallest absolute Gasteiger partial charge is 0.305 e. The molecule has 0 saturated carbocycles. The first-order chi connectivity index (χ1) is 14.1. The summed E-state index contributed by atoms with van der Waals surface area (Å²) in [5.74, 6) is -4.52. The van der Waals surface area contributed by atoms with Crippen molar-refractivity contribution in [3.63, 3.8) is 0 Å². The molecule has 13 heteroatoms. The lowest BCUT2D eigenvalue weighted by molar-refractivity contribution is -0.143. The molecule has 0 aliphatic carbocycles. The van der Waals surface area contributed by atoms with Gasteiger partial charge in [0, 0.05) is 13.0 Å². The van der Waals surface area contributed by atoms with Crippen molar-refractivity contribution in [2.24, 2.45) is 22.2 Å². The van der Waals surface area contributed by atoms with Crippen molar-refractivity contribution in [2.75, 3.05) is 26.7 Å². The van der Waals surface area contributed by atoms with Crippen molar-refractivity contribution < 1.29 is 29.1 Å². The number of nitrogens with zero attached hydrogens (tertiary/aromatic N) is 1. The summed E-state index contributed by atoms with van der Waals surface area (Å²) in [6.45, 7) is 0.0380. The fourth-order valence-corrected chi connectivity index (χ4v) is 2.41. The Morgan fingerprint density at radius 2 is 1.73 bits per heavy atom. The summed E-state index contributed by atoms with van der Waals surface area (Å²) in [6.07, 6.45) is 0.293. The number of nitrogens with one attached hydrogen (secondary N) is 3. The van der Waals surface area contributed by atoms with Crippen LogP contribution < -0.4 is 33.2 Å². The maximum Gasteiger partial charge on any atom is 0.305 e. The van der Waals surface area contributed by atoms with E-state index in [1.807, 2.05) is 0 Å². The highest BCUT2D eigenvalue weighted by atomic mass is 16.4. The van der Waals surface area contributed by atoms with Crippen LogP contribution in [0.3, 0.4) is 0 Å². The molecule has 0 aromatic heterocycles. The number of rotatable bonds is 16. The van der Waals surface area contributed by atoms with Crippen LogP contribution in [0.4, 0.5) is 0 Å². The van der Waals surface area contributed by atoms with Crippen molar-refractivity contribution in [1.82, 2.24) is 16.0 Å². The molecule has 0 unspecified atom stereocenters. The van der Waals surface area contributed by atoms with Crippen LogP contribution in [0.2, 0.25) is 0 Å². The average molecular weight is 429 g/mol. The van der Waals surface area contributed by atoms with Crippen LogP contribution in [0.15, 0.2) is 4.99 Å². The van der Waals surface area contributed by atoms with Gasteiger partial charge in [0.2, 0.25) is 23.4 Å². The molecule has 10 N–H and O–H groups in total. The monoisotopic (exact) mass is 429 g/mol. The van der Waals surface area contributed by atoms with Crippen LogP contribution in [0, 0.1) is 0 Å². The summed E-state index contributed by atoms with van der Waals surface area (Å²) in [5.41, 5.74) is 15.7. The maximum absolute atomic E-state index is 12.2. The largest absolute Gasteiger partial charge is 0.481 e. The van der Waals surface area contributed by atoms with Crippen molar-refractivity contribution in [3.8, 4) is 0 Å². The normalized spacial score (nSPS) is 12.3. The second-order valence-corrected chi connectivity index (χ2v) is 6.41. The zero-order valence-electron chi connectivity index (χ0n) is 17.0.